The summed E-state index contributed by atoms with van der Waals surface area (Å²) in [5.41, 5.74) is 1.43. The number of hydrogen-bond acceptors (Lipinski definition) is 7. The number of aromatic nitrogens is 2. The van der Waals surface area contributed by atoms with Gasteiger partial charge in [0.25, 0.3) is 5.91 Å². The third kappa shape index (κ3) is 5.55. The number of thioether (sulfide) groups is 1. The van der Waals surface area contributed by atoms with Crippen LogP contribution in [0.1, 0.15) is 15.9 Å². The quantitative estimate of drug-likeness (QED) is 0.416. The molecule has 1 aromatic heterocycles. The van der Waals surface area contributed by atoms with E-state index in [-0.39, 0.29) is 10.8 Å². The second-order valence-electron chi connectivity index (χ2n) is 6.05. The molecule has 7 nitrogen and oxygen atoms in total. The maximum absolute atomic E-state index is 12.4. The minimum atomic E-state index is -3.54. The van der Waals surface area contributed by atoms with Gasteiger partial charge < -0.3 is 0 Å². The molecule has 0 spiro atoms. The maximum atomic E-state index is 12.4. The summed E-state index contributed by atoms with van der Waals surface area (Å²) in [4.78, 5) is 12.5. The fourth-order valence-corrected chi connectivity index (χ4v) is 4.93. The average molecular weight is 469 g/mol. The number of amides is 1. The Kier molecular flexibility index (Phi) is 6.91. The summed E-state index contributed by atoms with van der Waals surface area (Å²) in [6, 6.07) is 13.3. The largest absolute Gasteiger partial charge is 0.296 e. The van der Waals surface area contributed by atoms with Gasteiger partial charge in [0.2, 0.25) is 15.2 Å². The lowest BCUT2D eigenvalue weighted by Crippen LogP contribution is -2.22. The Morgan fingerprint density at radius 2 is 1.76 bits per heavy atom. The van der Waals surface area contributed by atoms with Gasteiger partial charge in [-0.15, -0.1) is 10.2 Å². The van der Waals surface area contributed by atoms with E-state index in [2.05, 4.69) is 15.5 Å². The van der Waals surface area contributed by atoms with Crippen molar-refractivity contribution in [2.45, 2.75) is 15.0 Å². The van der Waals surface area contributed by atoms with Gasteiger partial charge >= 0.3 is 0 Å². The van der Waals surface area contributed by atoms with Crippen molar-refractivity contribution in [2.24, 2.45) is 0 Å². The first-order chi connectivity index (χ1) is 13.8. The minimum Gasteiger partial charge on any atom is -0.296 e. The van der Waals surface area contributed by atoms with E-state index < -0.39 is 10.0 Å². The number of halogens is 1. The Morgan fingerprint density at radius 3 is 2.38 bits per heavy atom. The first-order valence-electron chi connectivity index (χ1n) is 8.30. The van der Waals surface area contributed by atoms with Gasteiger partial charge in [0, 0.05) is 30.4 Å². The third-order valence-corrected chi connectivity index (χ3v) is 7.92. The number of carbonyl (C=O) groups is 1. The molecule has 0 fully saturated rings. The molecular formula is C18H17ClN4O3S3. The summed E-state index contributed by atoms with van der Waals surface area (Å²) in [6.45, 7) is 0. The van der Waals surface area contributed by atoms with Crippen molar-refractivity contribution in [3.8, 4) is 0 Å². The number of rotatable bonds is 7. The number of hydrogen-bond donors (Lipinski definition) is 1. The number of anilines is 1. The lowest BCUT2D eigenvalue weighted by molar-refractivity contribution is 0.102. The molecule has 0 saturated heterocycles. The van der Waals surface area contributed by atoms with Crippen LogP contribution >= 0.6 is 34.7 Å². The molecule has 0 aliphatic rings. The van der Waals surface area contributed by atoms with E-state index in [0.29, 0.717) is 21.5 Å². The van der Waals surface area contributed by atoms with Crippen LogP contribution in [0, 0.1) is 0 Å². The molecule has 2 aromatic carbocycles. The van der Waals surface area contributed by atoms with Crippen molar-refractivity contribution in [1.82, 2.24) is 14.5 Å². The third-order valence-electron chi connectivity index (χ3n) is 3.80. The molecule has 1 heterocycles. The van der Waals surface area contributed by atoms with E-state index in [0.717, 1.165) is 14.2 Å². The molecular weight excluding hydrogens is 452 g/mol. The molecule has 3 aromatic rings. The van der Waals surface area contributed by atoms with Crippen LogP contribution in [0.4, 0.5) is 5.13 Å². The first-order valence-corrected chi connectivity index (χ1v) is 11.9. The van der Waals surface area contributed by atoms with Crippen LogP contribution in [0.2, 0.25) is 5.02 Å². The molecule has 1 N–H and O–H groups in total. The van der Waals surface area contributed by atoms with Crippen molar-refractivity contribution in [1.29, 1.82) is 0 Å². The van der Waals surface area contributed by atoms with Crippen molar-refractivity contribution in [2.75, 3.05) is 19.4 Å². The highest BCUT2D eigenvalue weighted by molar-refractivity contribution is 8.00. The van der Waals surface area contributed by atoms with Gasteiger partial charge in [-0.2, -0.15) is 0 Å². The van der Waals surface area contributed by atoms with Crippen LogP contribution in [0.15, 0.2) is 57.8 Å². The summed E-state index contributed by atoms with van der Waals surface area (Å²) in [5, 5.41) is 11.8. The highest BCUT2D eigenvalue weighted by Gasteiger charge is 2.18. The fourth-order valence-electron chi connectivity index (χ4n) is 2.20. The smallest absolute Gasteiger partial charge is 0.257 e. The molecule has 11 heteroatoms. The lowest BCUT2D eigenvalue weighted by Gasteiger charge is -2.11. The molecule has 0 atom stereocenters. The van der Waals surface area contributed by atoms with E-state index in [4.69, 9.17) is 11.6 Å². The van der Waals surface area contributed by atoms with Gasteiger partial charge in [-0.05, 0) is 42.0 Å². The molecule has 0 radical (unpaired) electrons. The van der Waals surface area contributed by atoms with Gasteiger partial charge in [0.1, 0.15) is 0 Å². The Balaban J connectivity index is 1.60. The average Bonchev–Trinajstić information content (AvgIpc) is 3.15. The highest BCUT2D eigenvalue weighted by Crippen LogP contribution is 2.29. The van der Waals surface area contributed by atoms with Gasteiger partial charge in [0.05, 0.1) is 4.90 Å². The topological polar surface area (TPSA) is 92.3 Å². The normalized spacial score (nSPS) is 11.6. The minimum absolute atomic E-state index is 0.121. The van der Waals surface area contributed by atoms with E-state index in [1.54, 1.807) is 0 Å². The number of benzene rings is 2. The molecule has 0 aliphatic heterocycles. The van der Waals surface area contributed by atoms with Crippen molar-refractivity contribution < 1.29 is 13.2 Å². The van der Waals surface area contributed by atoms with Crippen LogP contribution in [0.3, 0.4) is 0 Å². The molecule has 0 bridgehead atoms. The molecule has 0 unspecified atom stereocenters. The zero-order valence-corrected chi connectivity index (χ0v) is 18.7. The number of sulfonamides is 1. The SMILES string of the molecule is CN(C)S(=O)(=O)c1ccc(C(=O)Nc2nnc(SCc3ccc(Cl)cc3)s2)cc1. The van der Waals surface area contributed by atoms with E-state index in [1.807, 2.05) is 24.3 Å². The van der Waals surface area contributed by atoms with Crippen LogP contribution < -0.4 is 5.32 Å². The lowest BCUT2D eigenvalue weighted by atomic mass is 10.2. The second kappa shape index (κ2) is 9.23. The van der Waals surface area contributed by atoms with Gasteiger partial charge in [0.15, 0.2) is 4.34 Å². The van der Waals surface area contributed by atoms with Crippen LogP contribution in [0.5, 0.6) is 0 Å². The predicted molar refractivity (Wildman–Crippen MR) is 116 cm³/mol. The maximum Gasteiger partial charge on any atom is 0.257 e. The zero-order chi connectivity index (χ0) is 21.0. The monoisotopic (exact) mass is 468 g/mol. The Labute approximate surface area is 182 Å². The predicted octanol–water partition coefficient (Wildman–Crippen LogP) is 3.99. The molecule has 29 heavy (non-hydrogen) atoms. The molecule has 0 aliphatic carbocycles. The molecule has 0 saturated carbocycles. The number of nitrogens with one attached hydrogen (secondary N) is 1. The second-order valence-corrected chi connectivity index (χ2v) is 10.8. The molecule has 3 rings (SSSR count). The van der Waals surface area contributed by atoms with Gasteiger partial charge in [-0.3, -0.25) is 10.1 Å². The summed E-state index contributed by atoms with van der Waals surface area (Å²) < 4.78 is 26.0. The van der Waals surface area contributed by atoms with E-state index in [1.165, 1.54) is 61.5 Å². The van der Waals surface area contributed by atoms with Crippen LogP contribution in [-0.4, -0.2) is 42.9 Å². The zero-order valence-electron chi connectivity index (χ0n) is 15.5. The number of nitrogens with zero attached hydrogens (tertiary/aromatic N) is 3. The van der Waals surface area contributed by atoms with Gasteiger partial charge in [-0.1, -0.05) is 46.8 Å². The summed E-state index contributed by atoms with van der Waals surface area (Å²) in [5.74, 6) is 0.325. The fraction of sp³-hybridized carbons (Fsp3) is 0.167. The van der Waals surface area contributed by atoms with Crippen molar-refractivity contribution in [3.63, 3.8) is 0 Å². The summed E-state index contributed by atoms with van der Waals surface area (Å²) >= 11 is 8.66. The number of carbonyl (C=O) groups excluding carboxylic acids is 1. The van der Waals surface area contributed by atoms with Gasteiger partial charge in [-0.25, -0.2) is 12.7 Å². The van der Waals surface area contributed by atoms with E-state index in [9.17, 15) is 13.2 Å². The Bertz CT molecular complexity index is 1100. The van der Waals surface area contributed by atoms with E-state index >= 15 is 0 Å². The van der Waals surface area contributed by atoms with Crippen LogP contribution in [-0.2, 0) is 15.8 Å². The molecule has 1 amide bonds. The standard InChI is InChI=1S/C18H17ClN4O3S3/c1-23(2)29(25,26)15-9-5-13(6-10-15)16(24)20-17-21-22-18(28-17)27-11-12-3-7-14(19)8-4-12/h3-10H,11H2,1-2H3,(H,20,21,24). The Morgan fingerprint density at radius 1 is 1.10 bits per heavy atom. The van der Waals surface area contributed by atoms with Crippen molar-refractivity contribution in [3.05, 3.63) is 64.7 Å². The summed E-state index contributed by atoms with van der Waals surface area (Å²) in [7, 11) is -0.631. The first kappa shape index (κ1) is 21.7. The molecule has 152 valence electrons. The highest BCUT2D eigenvalue weighted by atomic mass is 35.5. The Hall–Kier alpha value is -1.98. The van der Waals surface area contributed by atoms with Crippen LogP contribution in [0.25, 0.3) is 0 Å². The van der Waals surface area contributed by atoms with Crippen molar-refractivity contribution >= 4 is 55.8 Å². The summed E-state index contributed by atoms with van der Waals surface area (Å²) in [6.07, 6.45) is 0.